The molecule has 1 aliphatic rings. The highest BCUT2D eigenvalue weighted by Crippen LogP contribution is 2.33. The molecule has 0 unspecified atom stereocenters. The highest BCUT2D eigenvalue weighted by molar-refractivity contribution is 5.76. The molecule has 1 saturated heterocycles. The first kappa shape index (κ1) is 16.4. The summed E-state index contributed by atoms with van der Waals surface area (Å²) in [6, 6.07) is 5.59. The average Bonchev–Trinajstić information content (AvgIpc) is 2.60. The number of benzene rings is 1. The van der Waals surface area contributed by atoms with E-state index in [2.05, 4.69) is 10.2 Å². The number of aryl methyl sites for hydroxylation is 1. The lowest BCUT2D eigenvalue weighted by atomic mass is 9.99. The van der Waals surface area contributed by atoms with Crippen LogP contribution in [0.25, 0.3) is 11.1 Å². The van der Waals surface area contributed by atoms with Crippen LogP contribution in [0.1, 0.15) is 5.56 Å². The first-order chi connectivity index (χ1) is 11.5. The summed E-state index contributed by atoms with van der Waals surface area (Å²) >= 11 is 0. The van der Waals surface area contributed by atoms with Crippen molar-refractivity contribution in [1.29, 1.82) is 0 Å². The van der Waals surface area contributed by atoms with Gasteiger partial charge in [0.05, 0.1) is 13.2 Å². The first-order valence-electron chi connectivity index (χ1n) is 8.06. The molecule has 0 radical (unpaired) electrons. The van der Waals surface area contributed by atoms with E-state index in [1.54, 1.807) is 17.7 Å². The average molecular weight is 329 g/mol. The molecule has 2 aromatic rings. The summed E-state index contributed by atoms with van der Waals surface area (Å²) in [5.74, 6) is 0.235. The fourth-order valence-corrected chi connectivity index (χ4v) is 3.02. The van der Waals surface area contributed by atoms with E-state index < -0.39 is 0 Å². The minimum Gasteiger partial charge on any atom is -0.508 e. The van der Waals surface area contributed by atoms with Crippen molar-refractivity contribution in [2.45, 2.75) is 6.92 Å². The van der Waals surface area contributed by atoms with Crippen molar-refractivity contribution >= 4 is 11.4 Å². The zero-order valence-electron chi connectivity index (χ0n) is 14.3. The van der Waals surface area contributed by atoms with Gasteiger partial charge < -0.3 is 24.6 Å². The number of rotatable bonds is 3. The topological polar surface area (TPSA) is 66.7 Å². The summed E-state index contributed by atoms with van der Waals surface area (Å²) in [5, 5.41) is 13.2. The van der Waals surface area contributed by atoms with Gasteiger partial charge in [0.25, 0.3) is 5.56 Å². The van der Waals surface area contributed by atoms with Crippen LogP contribution in [-0.4, -0.2) is 43.0 Å². The Morgan fingerprint density at radius 3 is 2.58 bits per heavy atom. The summed E-state index contributed by atoms with van der Waals surface area (Å²) in [7, 11) is 3.57. The van der Waals surface area contributed by atoms with Gasteiger partial charge in [-0.2, -0.15) is 0 Å². The molecule has 0 spiro atoms. The Morgan fingerprint density at radius 2 is 1.92 bits per heavy atom. The van der Waals surface area contributed by atoms with Gasteiger partial charge in [-0.25, -0.2) is 0 Å². The summed E-state index contributed by atoms with van der Waals surface area (Å²) in [6.07, 6.45) is 1.81. The number of anilines is 2. The lowest BCUT2D eigenvalue weighted by molar-refractivity contribution is 0.122. The molecule has 0 atom stereocenters. The zero-order valence-corrected chi connectivity index (χ0v) is 14.3. The van der Waals surface area contributed by atoms with Gasteiger partial charge in [-0.3, -0.25) is 4.79 Å². The van der Waals surface area contributed by atoms with E-state index in [0.717, 1.165) is 22.4 Å². The fraction of sp³-hybridized carbons (Fsp3) is 0.389. The van der Waals surface area contributed by atoms with Gasteiger partial charge in [-0.05, 0) is 30.2 Å². The molecule has 1 fully saturated rings. The Labute approximate surface area is 141 Å². The molecule has 0 amide bonds. The van der Waals surface area contributed by atoms with Gasteiger partial charge >= 0.3 is 0 Å². The third-order valence-corrected chi connectivity index (χ3v) is 4.50. The van der Waals surface area contributed by atoms with Gasteiger partial charge in [-0.15, -0.1) is 0 Å². The third kappa shape index (κ3) is 2.97. The number of aromatic hydroxyl groups is 1. The predicted octanol–water partition coefficient (Wildman–Crippen LogP) is 1.94. The standard InChI is InChI=1S/C18H23N3O3/c1-12-15(9-14(19-2)10-17(12)22)13-8-16(18(23)20(3)11-13)21-4-6-24-7-5-21/h8-11,19,22H,4-7H2,1-3H3. The lowest BCUT2D eigenvalue weighted by Crippen LogP contribution is -2.40. The van der Waals surface area contributed by atoms with Crippen LogP contribution in [-0.2, 0) is 11.8 Å². The van der Waals surface area contributed by atoms with Gasteiger partial charge in [0, 0.05) is 50.7 Å². The van der Waals surface area contributed by atoms with Crippen LogP contribution in [0.4, 0.5) is 11.4 Å². The minimum atomic E-state index is -0.0210. The van der Waals surface area contributed by atoms with Crippen molar-refractivity contribution in [3.05, 3.63) is 40.3 Å². The molecule has 0 saturated carbocycles. The SMILES string of the molecule is CNc1cc(O)c(C)c(-c2cc(N3CCOCC3)c(=O)n(C)c2)c1. The summed E-state index contributed by atoms with van der Waals surface area (Å²) in [5.41, 5.74) is 4.09. The Bertz CT molecular complexity index is 808. The monoisotopic (exact) mass is 329 g/mol. The predicted molar refractivity (Wildman–Crippen MR) is 96.1 cm³/mol. The molecule has 0 bridgehead atoms. The van der Waals surface area contributed by atoms with Crippen LogP contribution >= 0.6 is 0 Å². The number of nitrogens with one attached hydrogen (secondary N) is 1. The second-order valence-corrected chi connectivity index (χ2v) is 6.05. The van der Waals surface area contributed by atoms with Gasteiger partial charge in [0.2, 0.25) is 0 Å². The van der Waals surface area contributed by atoms with E-state index in [1.165, 1.54) is 0 Å². The maximum Gasteiger partial charge on any atom is 0.273 e. The number of pyridine rings is 1. The van der Waals surface area contributed by atoms with E-state index in [-0.39, 0.29) is 11.3 Å². The number of phenolic OH excluding ortho intramolecular Hbond substituents is 1. The zero-order chi connectivity index (χ0) is 17.3. The Kier molecular flexibility index (Phi) is 4.49. The summed E-state index contributed by atoms with van der Waals surface area (Å²) in [6.45, 7) is 4.55. The van der Waals surface area contributed by atoms with Crippen LogP contribution in [0.15, 0.2) is 29.2 Å². The van der Waals surface area contributed by atoms with Crippen molar-refractivity contribution in [2.75, 3.05) is 43.6 Å². The van der Waals surface area contributed by atoms with Crippen molar-refractivity contribution in [2.24, 2.45) is 7.05 Å². The molecule has 1 aromatic carbocycles. The smallest absolute Gasteiger partial charge is 0.273 e. The van der Waals surface area contributed by atoms with Crippen molar-refractivity contribution in [3.8, 4) is 16.9 Å². The van der Waals surface area contributed by atoms with E-state index in [0.29, 0.717) is 32.0 Å². The number of aromatic nitrogens is 1. The fourth-order valence-electron chi connectivity index (χ4n) is 3.02. The molecule has 3 rings (SSSR count). The number of hydrogen-bond acceptors (Lipinski definition) is 5. The molecule has 1 aromatic heterocycles. The van der Waals surface area contributed by atoms with Crippen LogP contribution in [0.5, 0.6) is 5.75 Å². The van der Waals surface area contributed by atoms with Crippen LogP contribution < -0.4 is 15.8 Å². The van der Waals surface area contributed by atoms with Crippen LogP contribution in [0.2, 0.25) is 0 Å². The lowest BCUT2D eigenvalue weighted by Gasteiger charge is -2.29. The molecule has 2 N–H and O–H groups in total. The Morgan fingerprint density at radius 1 is 1.21 bits per heavy atom. The van der Waals surface area contributed by atoms with Gasteiger partial charge in [0.1, 0.15) is 11.4 Å². The largest absolute Gasteiger partial charge is 0.508 e. The van der Waals surface area contributed by atoms with Crippen molar-refractivity contribution < 1.29 is 9.84 Å². The number of morpholine rings is 1. The molecule has 2 heterocycles. The number of ether oxygens (including phenoxy) is 1. The van der Waals surface area contributed by atoms with Crippen LogP contribution in [0, 0.1) is 6.92 Å². The molecule has 128 valence electrons. The highest BCUT2D eigenvalue weighted by atomic mass is 16.5. The summed E-state index contributed by atoms with van der Waals surface area (Å²) < 4.78 is 6.98. The van der Waals surface area contributed by atoms with E-state index in [1.807, 2.05) is 32.3 Å². The quantitative estimate of drug-likeness (QED) is 0.901. The molecule has 1 aliphatic heterocycles. The second kappa shape index (κ2) is 6.57. The van der Waals surface area contributed by atoms with E-state index in [9.17, 15) is 9.90 Å². The molecule has 6 nitrogen and oxygen atoms in total. The molecule has 24 heavy (non-hydrogen) atoms. The van der Waals surface area contributed by atoms with Crippen LogP contribution in [0.3, 0.4) is 0 Å². The number of hydrogen-bond donors (Lipinski definition) is 2. The van der Waals surface area contributed by atoms with Gasteiger partial charge in [-0.1, -0.05) is 0 Å². The normalized spacial score (nSPS) is 14.7. The maximum atomic E-state index is 12.5. The molecule has 6 heteroatoms. The third-order valence-electron chi connectivity index (χ3n) is 4.50. The Balaban J connectivity index is 2.14. The van der Waals surface area contributed by atoms with Crippen molar-refractivity contribution in [1.82, 2.24) is 4.57 Å². The van der Waals surface area contributed by atoms with E-state index in [4.69, 9.17) is 4.74 Å². The first-order valence-corrected chi connectivity index (χ1v) is 8.06. The summed E-state index contributed by atoms with van der Waals surface area (Å²) in [4.78, 5) is 14.6. The van der Waals surface area contributed by atoms with Crippen molar-refractivity contribution in [3.63, 3.8) is 0 Å². The molecular formula is C18H23N3O3. The number of phenols is 1. The highest BCUT2D eigenvalue weighted by Gasteiger charge is 2.18. The van der Waals surface area contributed by atoms with Gasteiger partial charge in [0.15, 0.2) is 0 Å². The molecule has 0 aliphatic carbocycles. The minimum absolute atomic E-state index is 0.0210. The maximum absolute atomic E-state index is 12.5. The van der Waals surface area contributed by atoms with E-state index >= 15 is 0 Å². The Hall–Kier alpha value is -2.47. The molecular weight excluding hydrogens is 306 g/mol. The second-order valence-electron chi connectivity index (χ2n) is 6.05. The number of nitrogens with zero attached hydrogens (tertiary/aromatic N) is 2.